The first kappa shape index (κ1) is 23.4. The summed E-state index contributed by atoms with van der Waals surface area (Å²) in [7, 11) is 1.61. The number of benzene rings is 3. The van der Waals surface area contributed by atoms with Gasteiger partial charge >= 0.3 is 0 Å². The number of carbonyl (C=O) groups excluding carboxylic acids is 2. The zero-order valence-electron chi connectivity index (χ0n) is 19.8. The van der Waals surface area contributed by atoms with Crippen LogP contribution in [0.5, 0.6) is 5.75 Å². The number of aromatic nitrogens is 2. The summed E-state index contributed by atoms with van der Waals surface area (Å²) in [5, 5.41) is 0.553. The number of ketones is 1. The maximum atomic E-state index is 13.8. The van der Waals surface area contributed by atoms with Crippen LogP contribution in [0.25, 0.3) is 10.2 Å². The number of methoxy groups -OCH3 is 1. The molecule has 7 heteroatoms. The third kappa shape index (κ3) is 4.61. The summed E-state index contributed by atoms with van der Waals surface area (Å²) in [6, 6.07) is 25.3. The second kappa shape index (κ2) is 10.1. The maximum Gasteiger partial charge on any atom is 0.260 e. The smallest absolute Gasteiger partial charge is 0.260 e. The highest BCUT2D eigenvalue weighted by molar-refractivity contribution is 7.22. The van der Waals surface area contributed by atoms with E-state index < -0.39 is 0 Å². The number of pyridine rings is 1. The lowest BCUT2D eigenvalue weighted by atomic mass is 10.0. The van der Waals surface area contributed by atoms with Gasteiger partial charge in [-0.2, -0.15) is 0 Å². The van der Waals surface area contributed by atoms with Crippen molar-refractivity contribution in [3.63, 3.8) is 0 Å². The number of rotatable bonds is 7. The number of ether oxygens (including phenoxy) is 1. The van der Waals surface area contributed by atoms with Gasteiger partial charge in [-0.1, -0.05) is 65.9 Å². The summed E-state index contributed by atoms with van der Waals surface area (Å²) in [6.45, 7) is 2.27. The van der Waals surface area contributed by atoms with Crippen LogP contribution in [0.2, 0.25) is 0 Å². The average molecular weight is 494 g/mol. The zero-order chi connectivity index (χ0) is 25.1. The van der Waals surface area contributed by atoms with Crippen molar-refractivity contribution < 1.29 is 14.3 Å². The number of thiazole rings is 1. The van der Waals surface area contributed by atoms with Gasteiger partial charge < -0.3 is 4.74 Å². The standard InChI is InChI=1S/C29H23N3O3S/c1-19-11-16-24(35-2)25-27(19)36-29(31-25)32(18-23-10-6-7-17-30-23)28(34)22-14-12-21(13-15-22)26(33)20-8-4-3-5-9-20/h3-17H,18H2,1-2H3. The molecule has 36 heavy (non-hydrogen) atoms. The molecule has 0 spiro atoms. The number of nitrogens with zero attached hydrogens (tertiary/aromatic N) is 3. The number of amides is 1. The lowest BCUT2D eigenvalue weighted by Crippen LogP contribution is -2.30. The van der Waals surface area contributed by atoms with E-state index in [0.717, 1.165) is 21.5 Å². The number of carbonyl (C=O) groups is 2. The Hall–Kier alpha value is -4.36. The van der Waals surface area contributed by atoms with Crippen LogP contribution in [0.15, 0.2) is 91.1 Å². The Bertz CT molecular complexity index is 1530. The average Bonchev–Trinajstić information content (AvgIpc) is 3.38. The molecular formula is C29H23N3O3S. The van der Waals surface area contributed by atoms with Crippen LogP contribution in [-0.2, 0) is 6.54 Å². The Kier molecular flexibility index (Phi) is 6.56. The van der Waals surface area contributed by atoms with E-state index in [-0.39, 0.29) is 18.2 Å². The zero-order valence-corrected chi connectivity index (χ0v) is 20.7. The Labute approximate surface area is 212 Å². The summed E-state index contributed by atoms with van der Waals surface area (Å²) in [5.41, 5.74) is 4.10. The second-order valence-electron chi connectivity index (χ2n) is 8.24. The van der Waals surface area contributed by atoms with Gasteiger partial charge in [-0.25, -0.2) is 4.98 Å². The molecule has 0 aliphatic rings. The van der Waals surface area contributed by atoms with Gasteiger partial charge in [0.2, 0.25) is 0 Å². The maximum absolute atomic E-state index is 13.8. The molecule has 0 N–H and O–H groups in total. The van der Waals surface area contributed by atoms with Crippen LogP contribution in [0.3, 0.4) is 0 Å². The van der Waals surface area contributed by atoms with E-state index in [1.54, 1.807) is 54.6 Å². The lowest BCUT2D eigenvalue weighted by molar-refractivity contribution is 0.0982. The fourth-order valence-electron chi connectivity index (χ4n) is 3.93. The topological polar surface area (TPSA) is 72.4 Å². The number of hydrogen-bond acceptors (Lipinski definition) is 6. The van der Waals surface area contributed by atoms with Crippen molar-refractivity contribution in [3.8, 4) is 5.75 Å². The SMILES string of the molecule is COc1ccc(C)c2sc(N(Cc3ccccn3)C(=O)c3ccc(C(=O)c4ccccc4)cc3)nc12. The highest BCUT2D eigenvalue weighted by Gasteiger charge is 2.24. The molecule has 1 amide bonds. The van der Waals surface area contributed by atoms with Gasteiger partial charge in [0, 0.05) is 22.9 Å². The van der Waals surface area contributed by atoms with Crippen LogP contribution in [-0.4, -0.2) is 28.8 Å². The monoisotopic (exact) mass is 493 g/mol. The largest absolute Gasteiger partial charge is 0.494 e. The first-order valence-corrected chi connectivity index (χ1v) is 12.2. The minimum absolute atomic E-state index is 0.0892. The molecule has 0 aliphatic heterocycles. The predicted molar refractivity (Wildman–Crippen MR) is 142 cm³/mol. The lowest BCUT2D eigenvalue weighted by Gasteiger charge is -2.19. The molecule has 5 rings (SSSR count). The van der Waals surface area contributed by atoms with Crippen molar-refractivity contribution >= 4 is 38.4 Å². The molecule has 0 saturated heterocycles. The highest BCUT2D eigenvalue weighted by atomic mass is 32.1. The van der Waals surface area contributed by atoms with Gasteiger partial charge in [0.15, 0.2) is 10.9 Å². The summed E-state index contributed by atoms with van der Waals surface area (Å²) < 4.78 is 6.47. The first-order chi connectivity index (χ1) is 17.5. The van der Waals surface area contributed by atoms with E-state index in [0.29, 0.717) is 27.6 Å². The Morgan fingerprint density at radius 3 is 2.25 bits per heavy atom. The van der Waals surface area contributed by atoms with Crippen molar-refractivity contribution in [3.05, 3.63) is 119 Å². The molecule has 0 fully saturated rings. The van der Waals surface area contributed by atoms with Crippen LogP contribution < -0.4 is 9.64 Å². The van der Waals surface area contributed by atoms with E-state index in [1.165, 1.54) is 11.3 Å². The molecule has 2 aromatic heterocycles. The molecular weight excluding hydrogens is 470 g/mol. The molecule has 5 aromatic rings. The van der Waals surface area contributed by atoms with Crippen LogP contribution in [0.1, 0.15) is 37.5 Å². The van der Waals surface area contributed by atoms with E-state index in [2.05, 4.69) is 4.98 Å². The summed E-state index contributed by atoms with van der Waals surface area (Å²) >= 11 is 1.44. The molecule has 3 aromatic carbocycles. The van der Waals surface area contributed by atoms with Crippen molar-refractivity contribution in [1.29, 1.82) is 0 Å². The molecule has 0 saturated carbocycles. The molecule has 6 nitrogen and oxygen atoms in total. The predicted octanol–water partition coefficient (Wildman–Crippen LogP) is 6.09. The van der Waals surface area contributed by atoms with Gasteiger partial charge in [-0.05, 0) is 42.8 Å². The van der Waals surface area contributed by atoms with Gasteiger partial charge in [0.05, 0.1) is 24.0 Å². The first-order valence-electron chi connectivity index (χ1n) is 11.4. The quantitative estimate of drug-likeness (QED) is 0.257. The normalized spacial score (nSPS) is 10.8. The summed E-state index contributed by atoms with van der Waals surface area (Å²) in [6.07, 6.45) is 1.70. The fourth-order valence-corrected chi connectivity index (χ4v) is 4.98. The Balaban J connectivity index is 1.51. The Morgan fingerprint density at radius 1 is 0.861 bits per heavy atom. The molecule has 2 heterocycles. The van der Waals surface area contributed by atoms with E-state index in [9.17, 15) is 9.59 Å². The minimum Gasteiger partial charge on any atom is -0.494 e. The molecule has 0 bridgehead atoms. The third-order valence-corrected chi connectivity index (χ3v) is 7.08. The third-order valence-electron chi connectivity index (χ3n) is 5.86. The van der Waals surface area contributed by atoms with E-state index in [4.69, 9.17) is 9.72 Å². The molecule has 0 aliphatic carbocycles. The molecule has 0 radical (unpaired) electrons. The number of hydrogen-bond donors (Lipinski definition) is 0. The van der Waals surface area contributed by atoms with Crippen molar-refractivity contribution in [2.45, 2.75) is 13.5 Å². The fraction of sp³-hybridized carbons (Fsp3) is 0.103. The van der Waals surface area contributed by atoms with Gasteiger partial charge in [-0.15, -0.1) is 0 Å². The van der Waals surface area contributed by atoms with Crippen molar-refractivity contribution in [2.24, 2.45) is 0 Å². The second-order valence-corrected chi connectivity index (χ2v) is 9.22. The Morgan fingerprint density at radius 2 is 1.56 bits per heavy atom. The van der Waals surface area contributed by atoms with Crippen LogP contribution >= 0.6 is 11.3 Å². The highest BCUT2D eigenvalue weighted by Crippen LogP contribution is 2.37. The molecule has 0 unspecified atom stereocenters. The van der Waals surface area contributed by atoms with Crippen LogP contribution in [0, 0.1) is 6.92 Å². The van der Waals surface area contributed by atoms with Crippen LogP contribution in [0.4, 0.5) is 5.13 Å². The minimum atomic E-state index is -0.227. The van der Waals surface area contributed by atoms with Crippen molar-refractivity contribution in [2.75, 3.05) is 12.0 Å². The number of fused-ring (bicyclic) bond motifs is 1. The van der Waals surface area contributed by atoms with Gasteiger partial charge in [0.25, 0.3) is 5.91 Å². The van der Waals surface area contributed by atoms with Gasteiger partial charge in [-0.3, -0.25) is 19.5 Å². The van der Waals surface area contributed by atoms with E-state index >= 15 is 0 Å². The van der Waals surface area contributed by atoms with E-state index in [1.807, 2.05) is 55.5 Å². The number of aryl methyl sites for hydroxylation is 1. The summed E-state index contributed by atoms with van der Waals surface area (Å²) in [5.74, 6) is 0.343. The summed E-state index contributed by atoms with van der Waals surface area (Å²) in [4.78, 5) is 37.4. The molecule has 0 atom stereocenters. The van der Waals surface area contributed by atoms with Gasteiger partial charge in [0.1, 0.15) is 11.3 Å². The van der Waals surface area contributed by atoms with Crippen molar-refractivity contribution in [1.82, 2.24) is 9.97 Å². The molecule has 178 valence electrons. The number of anilines is 1.